The summed E-state index contributed by atoms with van der Waals surface area (Å²) in [6.45, 7) is 4.81. The molecule has 17 heavy (non-hydrogen) atoms. The molecular formula is C12H15ClN2O2. The zero-order valence-corrected chi connectivity index (χ0v) is 10.8. The van der Waals surface area contributed by atoms with E-state index in [0.29, 0.717) is 10.7 Å². The molecule has 1 rings (SSSR count). The highest BCUT2D eigenvalue weighted by molar-refractivity contribution is 6.31. The first-order valence-electron chi connectivity index (χ1n) is 5.25. The molecule has 1 aromatic rings. The lowest BCUT2D eigenvalue weighted by atomic mass is 10.2. The van der Waals surface area contributed by atoms with Crippen LogP contribution < -0.4 is 10.6 Å². The van der Waals surface area contributed by atoms with Crippen molar-refractivity contribution in [3.63, 3.8) is 0 Å². The van der Waals surface area contributed by atoms with Crippen LogP contribution >= 0.6 is 11.6 Å². The maximum atomic E-state index is 11.7. The van der Waals surface area contributed by atoms with E-state index in [2.05, 4.69) is 10.6 Å². The predicted molar refractivity (Wildman–Crippen MR) is 68.1 cm³/mol. The molecular weight excluding hydrogens is 240 g/mol. The van der Waals surface area contributed by atoms with Crippen molar-refractivity contribution < 1.29 is 9.59 Å². The largest absolute Gasteiger partial charge is 0.345 e. The molecule has 0 spiro atoms. The van der Waals surface area contributed by atoms with Gasteiger partial charge in [0.15, 0.2) is 0 Å². The molecule has 2 amide bonds. The molecule has 0 saturated carbocycles. The van der Waals surface area contributed by atoms with Crippen LogP contribution in [0.25, 0.3) is 0 Å². The van der Waals surface area contributed by atoms with E-state index in [4.69, 9.17) is 11.6 Å². The Morgan fingerprint density at radius 1 is 1.35 bits per heavy atom. The average molecular weight is 255 g/mol. The molecule has 4 nitrogen and oxygen atoms in total. The summed E-state index contributed by atoms with van der Waals surface area (Å²) in [5.41, 5.74) is 1.46. The van der Waals surface area contributed by atoms with E-state index in [9.17, 15) is 9.59 Å². The van der Waals surface area contributed by atoms with Gasteiger partial charge in [-0.25, -0.2) is 0 Å². The fourth-order valence-corrected chi connectivity index (χ4v) is 1.53. The third kappa shape index (κ3) is 3.75. The monoisotopic (exact) mass is 254 g/mol. The topological polar surface area (TPSA) is 58.2 Å². The molecule has 1 unspecified atom stereocenters. The molecule has 0 aliphatic rings. The fourth-order valence-electron chi connectivity index (χ4n) is 1.35. The summed E-state index contributed by atoms with van der Waals surface area (Å²) in [6, 6.07) is 4.70. The lowest BCUT2D eigenvalue weighted by Gasteiger charge is -2.14. The molecule has 1 atom stereocenters. The van der Waals surface area contributed by atoms with Gasteiger partial charge < -0.3 is 10.6 Å². The second-order valence-corrected chi connectivity index (χ2v) is 4.23. The van der Waals surface area contributed by atoms with Crippen LogP contribution in [0.3, 0.4) is 0 Å². The smallest absolute Gasteiger partial charge is 0.246 e. The molecule has 0 aromatic heterocycles. The summed E-state index contributed by atoms with van der Waals surface area (Å²) in [6.07, 6.45) is 0. The van der Waals surface area contributed by atoms with E-state index in [-0.39, 0.29) is 11.8 Å². The molecule has 0 aliphatic heterocycles. The molecule has 1 aromatic carbocycles. The molecule has 2 N–H and O–H groups in total. The number of hydrogen-bond donors (Lipinski definition) is 2. The van der Waals surface area contributed by atoms with Gasteiger partial charge in [-0.3, -0.25) is 9.59 Å². The van der Waals surface area contributed by atoms with E-state index in [1.54, 1.807) is 25.1 Å². The Balaban J connectivity index is 2.74. The van der Waals surface area contributed by atoms with Gasteiger partial charge in [0.2, 0.25) is 11.8 Å². The van der Waals surface area contributed by atoms with E-state index in [1.165, 1.54) is 6.92 Å². The SMILES string of the molecule is CC(=O)NC(C)C(=O)Nc1cccc(Cl)c1C. The van der Waals surface area contributed by atoms with E-state index in [0.717, 1.165) is 5.56 Å². The number of benzene rings is 1. The Morgan fingerprint density at radius 3 is 2.59 bits per heavy atom. The number of amides is 2. The van der Waals surface area contributed by atoms with Crippen LogP contribution in [0.2, 0.25) is 5.02 Å². The first-order valence-corrected chi connectivity index (χ1v) is 5.62. The Kier molecular flexibility index (Phi) is 4.52. The van der Waals surface area contributed by atoms with Crippen LogP contribution in [0.5, 0.6) is 0 Å². The number of rotatable bonds is 3. The van der Waals surface area contributed by atoms with Gasteiger partial charge >= 0.3 is 0 Å². The highest BCUT2D eigenvalue weighted by atomic mass is 35.5. The van der Waals surface area contributed by atoms with Crippen LogP contribution in [0, 0.1) is 6.92 Å². The first kappa shape index (κ1) is 13.5. The highest BCUT2D eigenvalue weighted by Crippen LogP contribution is 2.22. The van der Waals surface area contributed by atoms with Crippen molar-refractivity contribution in [1.82, 2.24) is 5.32 Å². The predicted octanol–water partition coefficient (Wildman–Crippen LogP) is 2.11. The van der Waals surface area contributed by atoms with Crippen LogP contribution in [-0.4, -0.2) is 17.9 Å². The van der Waals surface area contributed by atoms with Crippen LogP contribution in [0.4, 0.5) is 5.69 Å². The minimum Gasteiger partial charge on any atom is -0.345 e. The standard InChI is InChI=1S/C12H15ClN2O2/c1-7-10(13)5-4-6-11(7)15-12(17)8(2)14-9(3)16/h4-6,8H,1-3H3,(H,14,16)(H,15,17). The zero-order valence-electron chi connectivity index (χ0n) is 10.0. The third-order valence-electron chi connectivity index (χ3n) is 2.34. The Hall–Kier alpha value is -1.55. The van der Waals surface area contributed by atoms with Gasteiger partial charge in [0.25, 0.3) is 0 Å². The quantitative estimate of drug-likeness (QED) is 0.868. The Bertz CT molecular complexity index is 446. The van der Waals surface area contributed by atoms with Gasteiger partial charge in [0.05, 0.1) is 0 Å². The van der Waals surface area contributed by atoms with E-state index >= 15 is 0 Å². The number of halogens is 1. The van der Waals surface area contributed by atoms with Crippen molar-refractivity contribution in [2.75, 3.05) is 5.32 Å². The summed E-state index contributed by atoms with van der Waals surface area (Å²) >= 11 is 5.94. The van der Waals surface area contributed by atoms with Crippen molar-refractivity contribution in [2.45, 2.75) is 26.8 Å². The number of nitrogens with one attached hydrogen (secondary N) is 2. The van der Waals surface area contributed by atoms with Crippen molar-refractivity contribution in [3.05, 3.63) is 28.8 Å². The summed E-state index contributed by atoms with van der Waals surface area (Å²) in [4.78, 5) is 22.6. The first-order chi connectivity index (χ1) is 7.91. The van der Waals surface area contributed by atoms with Crippen molar-refractivity contribution in [3.8, 4) is 0 Å². The van der Waals surface area contributed by atoms with Gasteiger partial charge in [0.1, 0.15) is 6.04 Å². The fraction of sp³-hybridized carbons (Fsp3) is 0.333. The van der Waals surface area contributed by atoms with Gasteiger partial charge in [-0.15, -0.1) is 0 Å². The maximum absolute atomic E-state index is 11.7. The van der Waals surface area contributed by atoms with Crippen molar-refractivity contribution >= 4 is 29.1 Å². The van der Waals surface area contributed by atoms with Crippen molar-refractivity contribution in [2.24, 2.45) is 0 Å². The summed E-state index contributed by atoms with van der Waals surface area (Å²) in [5.74, 6) is -0.513. The second kappa shape index (κ2) is 5.68. The minimum atomic E-state index is -0.578. The molecule has 0 saturated heterocycles. The van der Waals surface area contributed by atoms with Crippen LogP contribution in [0.1, 0.15) is 19.4 Å². The lowest BCUT2D eigenvalue weighted by molar-refractivity contribution is -0.124. The number of anilines is 1. The molecule has 0 heterocycles. The minimum absolute atomic E-state index is 0.240. The molecule has 0 aliphatic carbocycles. The lowest BCUT2D eigenvalue weighted by Crippen LogP contribution is -2.40. The van der Waals surface area contributed by atoms with Gasteiger partial charge in [0, 0.05) is 17.6 Å². The van der Waals surface area contributed by atoms with E-state index in [1.807, 2.05) is 6.92 Å². The van der Waals surface area contributed by atoms with Crippen LogP contribution in [-0.2, 0) is 9.59 Å². The Morgan fingerprint density at radius 2 is 2.00 bits per heavy atom. The Labute approximate surface area is 105 Å². The van der Waals surface area contributed by atoms with Crippen molar-refractivity contribution in [1.29, 1.82) is 0 Å². The van der Waals surface area contributed by atoms with Gasteiger partial charge in [-0.1, -0.05) is 17.7 Å². The normalized spacial score (nSPS) is 11.8. The van der Waals surface area contributed by atoms with E-state index < -0.39 is 6.04 Å². The highest BCUT2D eigenvalue weighted by Gasteiger charge is 2.14. The zero-order chi connectivity index (χ0) is 13.0. The summed E-state index contributed by atoms with van der Waals surface area (Å²) in [7, 11) is 0. The third-order valence-corrected chi connectivity index (χ3v) is 2.75. The van der Waals surface area contributed by atoms with Gasteiger partial charge in [-0.2, -0.15) is 0 Å². The van der Waals surface area contributed by atoms with Crippen LogP contribution in [0.15, 0.2) is 18.2 Å². The molecule has 92 valence electrons. The number of carbonyl (C=O) groups excluding carboxylic acids is 2. The molecule has 0 radical (unpaired) electrons. The number of carbonyl (C=O) groups is 2. The average Bonchev–Trinajstić information content (AvgIpc) is 2.23. The molecule has 0 bridgehead atoms. The number of hydrogen-bond acceptors (Lipinski definition) is 2. The summed E-state index contributed by atoms with van der Waals surface area (Å²) < 4.78 is 0. The summed E-state index contributed by atoms with van der Waals surface area (Å²) in [5, 5.41) is 5.82. The maximum Gasteiger partial charge on any atom is 0.246 e. The molecule has 5 heteroatoms. The second-order valence-electron chi connectivity index (χ2n) is 3.82. The molecule has 0 fully saturated rings. The van der Waals surface area contributed by atoms with Gasteiger partial charge in [-0.05, 0) is 31.5 Å².